The number of hydrogen-bond acceptors (Lipinski definition) is 7. The third kappa shape index (κ3) is 6.33. The summed E-state index contributed by atoms with van der Waals surface area (Å²) in [6.07, 6.45) is 1.23. The SMILES string of the molecule is CCOc1cc(/C=C2/C(=O)NC(=O)N(c3ccc(O)cc3)C2=O)cc(Cl)c1OCC(=O)Nc1ccc(F)cc1. The van der Waals surface area contributed by atoms with Gasteiger partial charge in [0.05, 0.1) is 17.3 Å². The van der Waals surface area contributed by atoms with E-state index in [-0.39, 0.29) is 45.7 Å². The summed E-state index contributed by atoms with van der Waals surface area (Å²) in [5.74, 6) is -2.65. The van der Waals surface area contributed by atoms with E-state index in [0.717, 1.165) is 4.90 Å². The molecule has 0 aliphatic carbocycles. The first-order valence-corrected chi connectivity index (χ1v) is 11.9. The summed E-state index contributed by atoms with van der Waals surface area (Å²) in [6.45, 7) is 1.47. The monoisotopic (exact) mass is 553 g/mol. The zero-order chi connectivity index (χ0) is 28.1. The maximum Gasteiger partial charge on any atom is 0.335 e. The summed E-state index contributed by atoms with van der Waals surface area (Å²) in [6, 6.07) is 12.4. The Kier molecular flexibility index (Phi) is 8.11. The molecule has 0 radical (unpaired) electrons. The first kappa shape index (κ1) is 27.1. The molecule has 1 aliphatic rings. The van der Waals surface area contributed by atoms with Crippen molar-refractivity contribution in [1.29, 1.82) is 0 Å². The molecule has 39 heavy (non-hydrogen) atoms. The average molecular weight is 554 g/mol. The molecule has 200 valence electrons. The molecule has 3 aromatic rings. The van der Waals surface area contributed by atoms with E-state index in [1.807, 2.05) is 0 Å². The number of barbiturate groups is 1. The van der Waals surface area contributed by atoms with Crippen LogP contribution < -0.4 is 25.0 Å². The molecule has 1 heterocycles. The predicted octanol–water partition coefficient (Wildman–Crippen LogP) is 4.27. The number of phenols is 1. The fourth-order valence-corrected chi connectivity index (χ4v) is 3.88. The normalized spacial score (nSPS) is 14.3. The zero-order valence-corrected chi connectivity index (χ0v) is 21.1. The van der Waals surface area contributed by atoms with Crippen molar-refractivity contribution in [3.63, 3.8) is 0 Å². The minimum Gasteiger partial charge on any atom is -0.508 e. The number of rotatable bonds is 8. The van der Waals surface area contributed by atoms with Crippen LogP contribution in [-0.2, 0) is 14.4 Å². The Morgan fingerprint density at radius 1 is 1.08 bits per heavy atom. The van der Waals surface area contributed by atoms with Crippen LogP contribution in [0.4, 0.5) is 20.6 Å². The van der Waals surface area contributed by atoms with Crippen molar-refractivity contribution in [3.05, 3.63) is 82.6 Å². The number of imide groups is 2. The zero-order valence-electron chi connectivity index (χ0n) is 20.4. The van der Waals surface area contributed by atoms with Crippen LogP contribution in [0.2, 0.25) is 5.02 Å². The first-order valence-electron chi connectivity index (χ1n) is 11.5. The molecule has 0 bridgehead atoms. The summed E-state index contributed by atoms with van der Waals surface area (Å²) in [4.78, 5) is 51.0. The number of nitrogens with zero attached hydrogens (tertiary/aromatic N) is 1. The molecule has 0 saturated carbocycles. The van der Waals surface area contributed by atoms with Crippen molar-refractivity contribution in [1.82, 2.24) is 5.32 Å². The van der Waals surface area contributed by atoms with E-state index < -0.39 is 36.2 Å². The Labute approximate surface area is 226 Å². The second-order valence-corrected chi connectivity index (χ2v) is 8.49. The summed E-state index contributed by atoms with van der Waals surface area (Å²) < 4.78 is 24.2. The second kappa shape index (κ2) is 11.7. The van der Waals surface area contributed by atoms with E-state index in [1.165, 1.54) is 66.7 Å². The van der Waals surface area contributed by atoms with Crippen LogP contribution in [-0.4, -0.2) is 42.1 Å². The lowest BCUT2D eigenvalue weighted by Gasteiger charge is -2.26. The van der Waals surface area contributed by atoms with Gasteiger partial charge in [-0.25, -0.2) is 14.1 Å². The van der Waals surface area contributed by atoms with E-state index in [4.69, 9.17) is 21.1 Å². The molecule has 3 aromatic carbocycles. The van der Waals surface area contributed by atoms with Crippen LogP contribution in [0.1, 0.15) is 12.5 Å². The molecule has 3 N–H and O–H groups in total. The second-order valence-electron chi connectivity index (χ2n) is 8.08. The van der Waals surface area contributed by atoms with Crippen molar-refractivity contribution in [2.45, 2.75) is 6.92 Å². The van der Waals surface area contributed by atoms with E-state index in [9.17, 15) is 28.7 Å². The molecule has 1 aliphatic heterocycles. The first-order chi connectivity index (χ1) is 18.7. The molecule has 1 fully saturated rings. The highest BCUT2D eigenvalue weighted by Crippen LogP contribution is 2.37. The number of anilines is 2. The van der Waals surface area contributed by atoms with Gasteiger partial charge in [0.15, 0.2) is 18.1 Å². The smallest absolute Gasteiger partial charge is 0.335 e. The molecule has 0 unspecified atom stereocenters. The van der Waals surface area contributed by atoms with Gasteiger partial charge in [0.2, 0.25) is 0 Å². The molecule has 5 amide bonds. The van der Waals surface area contributed by atoms with Crippen molar-refractivity contribution >= 4 is 52.8 Å². The van der Waals surface area contributed by atoms with Gasteiger partial charge in [-0.1, -0.05) is 11.6 Å². The molecule has 0 spiro atoms. The third-order valence-corrected chi connectivity index (χ3v) is 5.61. The van der Waals surface area contributed by atoms with Gasteiger partial charge >= 0.3 is 6.03 Å². The van der Waals surface area contributed by atoms with Crippen molar-refractivity contribution in [2.75, 3.05) is 23.4 Å². The number of hydrogen-bond donors (Lipinski definition) is 3. The third-order valence-electron chi connectivity index (χ3n) is 5.33. The van der Waals surface area contributed by atoms with Gasteiger partial charge in [-0.3, -0.25) is 19.7 Å². The van der Waals surface area contributed by atoms with Gasteiger partial charge in [0.1, 0.15) is 17.1 Å². The quantitative estimate of drug-likeness (QED) is 0.280. The number of urea groups is 1. The van der Waals surface area contributed by atoms with Crippen LogP contribution in [0, 0.1) is 5.82 Å². The van der Waals surface area contributed by atoms with Crippen LogP contribution in [0.15, 0.2) is 66.2 Å². The number of nitrogens with one attached hydrogen (secondary N) is 2. The summed E-state index contributed by atoms with van der Waals surface area (Å²) in [5.41, 5.74) is 0.446. The van der Waals surface area contributed by atoms with Gasteiger partial charge in [-0.05, 0) is 79.2 Å². The van der Waals surface area contributed by atoms with Gasteiger partial charge < -0.3 is 19.9 Å². The van der Waals surface area contributed by atoms with Crippen LogP contribution in [0.25, 0.3) is 6.08 Å². The minimum atomic E-state index is -0.941. The Morgan fingerprint density at radius 2 is 1.77 bits per heavy atom. The standard InChI is InChI=1S/C27H21ClFN3O7/c1-2-38-22-13-15(12-21(28)24(22)39-14-23(34)30-17-5-3-16(29)4-6-17)11-20-25(35)31-27(37)32(26(20)36)18-7-9-19(33)10-8-18/h3-13,33H,2,14H2,1H3,(H,30,34)(H,31,35,37)/b20-11-. The van der Waals surface area contributed by atoms with Crippen molar-refractivity contribution in [2.24, 2.45) is 0 Å². The number of amides is 5. The van der Waals surface area contributed by atoms with Crippen molar-refractivity contribution in [3.8, 4) is 17.2 Å². The Bertz CT molecular complexity index is 1470. The van der Waals surface area contributed by atoms with E-state index in [2.05, 4.69) is 10.6 Å². The molecule has 1 saturated heterocycles. The Balaban J connectivity index is 1.57. The number of carbonyl (C=O) groups excluding carboxylic acids is 4. The highest BCUT2D eigenvalue weighted by Gasteiger charge is 2.37. The lowest BCUT2D eigenvalue weighted by Crippen LogP contribution is -2.54. The number of carbonyl (C=O) groups is 4. The fourth-order valence-electron chi connectivity index (χ4n) is 3.60. The summed E-state index contributed by atoms with van der Waals surface area (Å²) >= 11 is 6.40. The minimum absolute atomic E-state index is 0.0255. The molecule has 12 heteroatoms. The number of benzene rings is 3. The number of ether oxygens (including phenoxy) is 2. The Hall–Kier alpha value is -4.90. The summed E-state index contributed by atoms with van der Waals surface area (Å²) in [5, 5.41) is 14.2. The fraction of sp³-hybridized carbons (Fsp3) is 0.111. The van der Waals surface area contributed by atoms with Crippen molar-refractivity contribution < 1.29 is 38.1 Å². The molecular formula is C27H21ClFN3O7. The number of halogens is 2. The maximum absolute atomic E-state index is 13.1. The number of phenolic OH excluding ortho intramolecular Hbond substituents is 1. The largest absolute Gasteiger partial charge is 0.508 e. The highest BCUT2D eigenvalue weighted by atomic mass is 35.5. The number of aromatic hydroxyl groups is 1. The van der Waals surface area contributed by atoms with Crippen LogP contribution in [0.3, 0.4) is 0 Å². The van der Waals surface area contributed by atoms with Gasteiger partial charge in [-0.2, -0.15) is 0 Å². The predicted molar refractivity (Wildman–Crippen MR) is 140 cm³/mol. The van der Waals surface area contributed by atoms with Crippen LogP contribution >= 0.6 is 11.6 Å². The van der Waals surface area contributed by atoms with Crippen LogP contribution in [0.5, 0.6) is 17.2 Å². The van der Waals surface area contributed by atoms with Gasteiger partial charge in [-0.15, -0.1) is 0 Å². The van der Waals surface area contributed by atoms with Gasteiger partial charge in [0, 0.05) is 5.69 Å². The van der Waals surface area contributed by atoms with Gasteiger partial charge in [0.25, 0.3) is 17.7 Å². The van der Waals surface area contributed by atoms with E-state index in [1.54, 1.807) is 6.92 Å². The molecule has 4 rings (SSSR count). The summed E-state index contributed by atoms with van der Waals surface area (Å²) in [7, 11) is 0. The average Bonchev–Trinajstić information content (AvgIpc) is 2.88. The maximum atomic E-state index is 13.1. The van der Waals surface area contributed by atoms with E-state index in [0.29, 0.717) is 5.69 Å². The van der Waals surface area contributed by atoms with E-state index >= 15 is 0 Å². The lowest BCUT2D eigenvalue weighted by atomic mass is 10.1. The lowest BCUT2D eigenvalue weighted by molar-refractivity contribution is -0.122. The molecule has 0 aromatic heterocycles. The molecule has 0 atom stereocenters. The Morgan fingerprint density at radius 3 is 2.44 bits per heavy atom. The topological polar surface area (TPSA) is 134 Å². The molecule has 10 nitrogen and oxygen atoms in total. The highest BCUT2D eigenvalue weighted by molar-refractivity contribution is 6.39. The molecular weight excluding hydrogens is 533 g/mol.